The Bertz CT molecular complexity index is 255. The smallest absolute Gasteiger partial charge is 0.125 e. The van der Waals surface area contributed by atoms with Gasteiger partial charge in [-0.05, 0) is 13.3 Å². The lowest BCUT2D eigenvalue weighted by Crippen LogP contribution is -2.16. The monoisotopic (exact) mass is 195 g/mol. The number of aromatic nitrogens is 2. The van der Waals surface area contributed by atoms with Gasteiger partial charge in [0.05, 0.1) is 6.04 Å². The number of hydrogen-bond donors (Lipinski definition) is 1. The van der Waals surface area contributed by atoms with Crippen molar-refractivity contribution in [3.63, 3.8) is 0 Å². The first-order chi connectivity index (χ1) is 6.79. The molecule has 0 saturated carbocycles. The molecule has 0 aromatic carbocycles. The summed E-state index contributed by atoms with van der Waals surface area (Å²) in [5.41, 5.74) is 6.07. The Morgan fingerprint density at radius 1 is 1.43 bits per heavy atom. The van der Waals surface area contributed by atoms with Crippen molar-refractivity contribution in [3.8, 4) is 0 Å². The van der Waals surface area contributed by atoms with E-state index in [1.165, 1.54) is 19.3 Å². The Balaban J connectivity index is 2.47. The van der Waals surface area contributed by atoms with E-state index in [9.17, 15) is 0 Å². The predicted octanol–water partition coefficient (Wildman–Crippen LogP) is 2.48. The van der Waals surface area contributed by atoms with E-state index in [0.29, 0.717) is 0 Å². The Morgan fingerprint density at radius 3 is 2.86 bits per heavy atom. The predicted molar refractivity (Wildman–Crippen MR) is 59.0 cm³/mol. The van der Waals surface area contributed by atoms with E-state index < -0.39 is 0 Å². The lowest BCUT2D eigenvalue weighted by atomic mass is 10.1. The molecule has 0 bridgehead atoms. The number of nitrogens with two attached hydrogens (primary N) is 1. The summed E-state index contributed by atoms with van der Waals surface area (Å²) in [5, 5.41) is 0. The van der Waals surface area contributed by atoms with Crippen LogP contribution in [0.4, 0.5) is 0 Å². The Morgan fingerprint density at radius 2 is 2.21 bits per heavy atom. The van der Waals surface area contributed by atoms with Crippen LogP contribution >= 0.6 is 0 Å². The van der Waals surface area contributed by atoms with Gasteiger partial charge in [0, 0.05) is 18.9 Å². The molecule has 1 atom stereocenters. The van der Waals surface area contributed by atoms with E-state index in [4.69, 9.17) is 5.73 Å². The molecule has 0 fully saturated rings. The highest BCUT2D eigenvalue weighted by Gasteiger charge is 2.10. The summed E-state index contributed by atoms with van der Waals surface area (Å²) in [5.74, 6) is 1.03. The van der Waals surface area contributed by atoms with Crippen LogP contribution in [0.1, 0.15) is 51.4 Å². The van der Waals surface area contributed by atoms with Crippen molar-refractivity contribution >= 4 is 0 Å². The molecule has 3 heteroatoms. The molecule has 0 saturated heterocycles. The molecule has 0 radical (unpaired) electrons. The average Bonchev–Trinajstić information content (AvgIpc) is 2.65. The van der Waals surface area contributed by atoms with Gasteiger partial charge in [0.25, 0.3) is 0 Å². The Labute approximate surface area is 86.3 Å². The summed E-state index contributed by atoms with van der Waals surface area (Å²) in [6.45, 7) is 5.28. The highest BCUT2D eigenvalue weighted by molar-refractivity contribution is 4.98. The summed E-state index contributed by atoms with van der Waals surface area (Å²) in [6, 6.07) is 0.108. The average molecular weight is 195 g/mol. The molecule has 0 aliphatic rings. The molecule has 0 spiro atoms. The van der Waals surface area contributed by atoms with Crippen LogP contribution in [0.2, 0.25) is 0 Å². The molecule has 1 aromatic rings. The van der Waals surface area contributed by atoms with E-state index in [1.54, 1.807) is 0 Å². The van der Waals surface area contributed by atoms with E-state index in [0.717, 1.165) is 18.8 Å². The summed E-state index contributed by atoms with van der Waals surface area (Å²) in [4.78, 5) is 4.30. The molecule has 1 aromatic heterocycles. The maximum absolute atomic E-state index is 6.07. The van der Waals surface area contributed by atoms with Crippen LogP contribution in [0, 0.1) is 0 Å². The molecule has 80 valence electrons. The maximum atomic E-state index is 6.07. The third kappa shape index (κ3) is 2.84. The van der Waals surface area contributed by atoms with Gasteiger partial charge in [-0.2, -0.15) is 0 Å². The van der Waals surface area contributed by atoms with Crippen LogP contribution in [0.15, 0.2) is 12.4 Å². The van der Waals surface area contributed by atoms with E-state index in [1.807, 2.05) is 12.4 Å². The normalized spacial score (nSPS) is 13.1. The zero-order valence-corrected chi connectivity index (χ0v) is 9.24. The van der Waals surface area contributed by atoms with Gasteiger partial charge < -0.3 is 10.3 Å². The minimum Gasteiger partial charge on any atom is -0.334 e. The van der Waals surface area contributed by atoms with Crippen molar-refractivity contribution in [1.29, 1.82) is 0 Å². The molecule has 0 aliphatic carbocycles. The number of imidazole rings is 1. The topological polar surface area (TPSA) is 43.8 Å². The van der Waals surface area contributed by atoms with Crippen molar-refractivity contribution in [2.24, 2.45) is 5.73 Å². The molecule has 2 N–H and O–H groups in total. The Kier molecular flexibility index (Phi) is 4.66. The molecule has 0 amide bonds. The number of aryl methyl sites for hydroxylation is 1. The fraction of sp³-hybridized carbons (Fsp3) is 0.727. The number of rotatable bonds is 6. The summed E-state index contributed by atoms with van der Waals surface area (Å²) in [7, 11) is 0. The zero-order valence-electron chi connectivity index (χ0n) is 9.24. The SMILES string of the molecule is CCCCCC(N)c1nccn1CC. The van der Waals surface area contributed by atoms with Crippen LogP contribution in [-0.2, 0) is 6.54 Å². The second-order valence-corrected chi connectivity index (χ2v) is 3.67. The van der Waals surface area contributed by atoms with Gasteiger partial charge in [-0.25, -0.2) is 4.98 Å². The fourth-order valence-electron chi connectivity index (χ4n) is 1.66. The van der Waals surface area contributed by atoms with Crippen LogP contribution in [0.5, 0.6) is 0 Å². The summed E-state index contributed by atoms with van der Waals surface area (Å²) >= 11 is 0. The van der Waals surface area contributed by atoms with Crippen molar-refractivity contribution in [2.45, 2.75) is 52.1 Å². The standard InChI is InChI=1S/C11H21N3/c1-3-5-6-7-10(12)11-13-8-9-14(11)4-2/h8-10H,3-7,12H2,1-2H3. The molecule has 0 aliphatic heterocycles. The minimum absolute atomic E-state index is 0.108. The van der Waals surface area contributed by atoms with E-state index in [-0.39, 0.29) is 6.04 Å². The lowest BCUT2D eigenvalue weighted by Gasteiger charge is -2.12. The summed E-state index contributed by atoms with van der Waals surface area (Å²) in [6.07, 6.45) is 8.59. The molecule has 14 heavy (non-hydrogen) atoms. The third-order valence-electron chi connectivity index (χ3n) is 2.54. The van der Waals surface area contributed by atoms with Gasteiger partial charge in [0.2, 0.25) is 0 Å². The minimum atomic E-state index is 0.108. The second kappa shape index (κ2) is 5.81. The van der Waals surface area contributed by atoms with Crippen molar-refractivity contribution in [1.82, 2.24) is 9.55 Å². The van der Waals surface area contributed by atoms with Gasteiger partial charge in [0.15, 0.2) is 0 Å². The summed E-state index contributed by atoms with van der Waals surface area (Å²) < 4.78 is 2.12. The van der Waals surface area contributed by atoms with Gasteiger partial charge in [0.1, 0.15) is 5.82 Å². The second-order valence-electron chi connectivity index (χ2n) is 3.67. The first-order valence-corrected chi connectivity index (χ1v) is 5.56. The van der Waals surface area contributed by atoms with Gasteiger partial charge >= 0.3 is 0 Å². The van der Waals surface area contributed by atoms with Crippen molar-refractivity contribution in [3.05, 3.63) is 18.2 Å². The van der Waals surface area contributed by atoms with Gasteiger partial charge in [-0.3, -0.25) is 0 Å². The van der Waals surface area contributed by atoms with Crippen LogP contribution in [0.25, 0.3) is 0 Å². The number of nitrogens with zero attached hydrogens (tertiary/aromatic N) is 2. The maximum Gasteiger partial charge on any atom is 0.125 e. The third-order valence-corrected chi connectivity index (χ3v) is 2.54. The van der Waals surface area contributed by atoms with Crippen LogP contribution in [-0.4, -0.2) is 9.55 Å². The molecule has 1 heterocycles. The number of unbranched alkanes of at least 4 members (excludes halogenated alkanes) is 2. The van der Waals surface area contributed by atoms with Gasteiger partial charge in [-0.1, -0.05) is 26.2 Å². The molecular weight excluding hydrogens is 174 g/mol. The van der Waals surface area contributed by atoms with Gasteiger partial charge in [-0.15, -0.1) is 0 Å². The highest BCUT2D eigenvalue weighted by Crippen LogP contribution is 2.15. The quantitative estimate of drug-likeness (QED) is 0.709. The first-order valence-electron chi connectivity index (χ1n) is 5.56. The van der Waals surface area contributed by atoms with Crippen LogP contribution < -0.4 is 5.73 Å². The van der Waals surface area contributed by atoms with Crippen molar-refractivity contribution in [2.75, 3.05) is 0 Å². The van der Waals surface area contributed by atoms with Crippen molar-refractivity contribution < 1.29 is 0 Å². The zero-order chi connectivity index (χ0) is 10.4. The molecule has 1 rings (SSSR count). The van der Waals surface area contributed by atoms with E-state index in [2.05, 4.69) is 23.4 Å². The fourth-order valence-corrected chi connectivity index (χ4v) is 1.66. The molecule has 3 nitrogen and oxygen atoms in total. The number of hydrogen-bond acceptors (Lipinski definition) is 2. The largest absolute Gasteiger partial charge is 0.334 e. The van der Waals surface area contributed by atoms with Crippen LogP contribution in [0.3, 0.4) is 0 Å². The highest BCUT2D eigenvalue weighted by atomic mass is 15.1. The Hall–Kier alpha value is -0.830. The molecular formula is C11H21N3. The molecule has 1 unspecified atom stereocenters. The lowest BCUT2D eigenvalue weighted by molar-refractivity contribution is 0.531. The first kappa shape index (κ1) is 11.2. The van der Waals surface area contributed by atoms with E-state index >= 15 is 0 Å².